The Bertz CT molecular complexity index is 923. The molecule has 0 aliphatic rings. The number of ether oxygens (including phenoxy) is 1. The molecule has 0 radical (unpaired) electrons. The van der Waals surface area contributed by atoms with Gasteiger partial charge in [-0.1, -0.05) is 24.3 Å². The summed E-state index contributed by atoms with van der Waals surface area (Å²) in [6.07, 6.45) is -3.38. The van der Waals surface area contributed by atoms with Crippen LogP contribution in [0.2, 0.25) is 0 Å². The molecule has 0 spiro atoms. The first-order chi connectivity index (χ1) is 13.4. The van der Waals surface area contributed by atoms with E-state index in [4.69, 9.17) is 4.74 Å². The molecule has 0 fully saturated rings. The molecule has 148 valence electrons. The van der Waals surface area contributed by atoms with Gasteiger partial charge >= 0.3 is 6.18 Å². The third kappa shape index (κ3) is 4.92. The second-order valence-electron chi connectivity index (χ2n) is 6.04. The summed E-state index contributed by atoms with van der Waals surface area (Å²) in [6, 6.07) is 12.0. The number of nitrogens with zero attached hydrogens (tertiary/aromatic N) is 3. The van der Waals surface area contributed by atoms with Crippen LogP contribution in [0.5, 0.6) is 5.75 Å². The van der Waals surface area contributed by atoms with Crippen molar-refractivity contribution in [2.45, 2.75) is 25.8 Å². The molecule has 1 amide bonds. The van der Waals surface area contributed by atoms with E-state index in [2.05, 4.69) is 5.10 Å². The fourth-order valence-electron chi connectivity index (χ4n) is 2.70. The Balaban J connectivity index is 1.79. The third-order valence-corrected chi connectivity index (χ3v) is 4.92. The van der Waals surface area contributed by atoms with E-state index in [1.807, 2.05) is 35.7 Å². The molecule has 2 aromatic heterocycles. The molecule has 3 aromatic rings. The molecule has 0 unspecified atom stereocenters. The number of benzene rings is 1. The van der Waals surface area contributed by atoms with E-state index >= 15 is 0 Å². The first kappa shape index (κ1) is 19.9. The van der Waals surface area contributed by atoms with E-state index in [-0.39, 0.29) is 19.0 Å². The van der Waals surface area contributed by atoms with Crippen molar-refractivity contribution in [3.63, 3.8) is 0 Å². The Morgan fingerprint density at radius 2 is 1.96 bits per heavy atom. The lowest BCUT2D eigenvalue weighted by atomic mass is 10.2. The summed E-state index contributed by atoms with van der Waals surface area (Å²) in [4.78, 5) is 15.4. The van der Waals surface area contributed by atoms with E-state index in [0.29, 0.717) is 12.3 Å². The van der Waals surface area contributed by atoms with Gasteiger partial charge in [0.15, 0.2) is 5.69 Å². The van der Waals surface area contributed by atoms with Crippen molar-refractivity contribution in [1.82, 2.24) is 14.7 Å². The van der Waals surface area contributed by atoms with E-state index in [1.54, 1.807) is 18.1 Å². The number of aromatic nitrogens is 2. The minimum atomic E-state index is -4.54. The Morgan fingerprint density at radius 1 is 1.18 bits per heavy atom. The Morgan fingerprint density at radius 3 is 2.61 bits per heavy atom. The lowest BCUT2D eigenvalue weighted by Gasteiger charge is -2.23. The highest BCUT2D eigenvalue weighted by Crippen LogP contribution is 2.27. The number of amides is 1. The highest BCUT2D eigenvalue weighted by Gasteiger charge is 2.33. The second-order valence-corrected chi connectivity index (χ2v) is 7.07. The SMILES string of the molecule is COc1ccccc1CN(Cc1cccs1)C(=O)Cn1ccc(C(F)(F)F)n1. The summed E-state index contributed by atoms with van der Waals surface area (Å²) < 4.78 is 44.6. The van der Waals surface area contributed by atoms with Gasteiger partial charge in [-0.3, -0.25) is 9.48 Å². The second kappa shape index (κ2) is 8.47. The number of carbonyl (C=O) groups excluding carboxylic acids is 1. The smallest absolute Gasteiger partial charge is 0.435 e. The van der Waals surface area contributed by atoms with Crippen molar-refractivity contribution in [2.75, 3.05) is 7.11 Å². The fourth-order valence-corrected chi connectivity index (χ4v) is 3.42. The molecule has 0 N–H and O–H groups in total. The Kier molecular flexibility index (Phi) is 6.03. The Hall–Kier alpha value is -2.81. The minimum absolute atomic E-state index is 0.272. The molecule has 3 rings (SSSR count). The molecule has 0 aliphatic carbocycles. The molecule has 0 atom stereocenters. The first-order valence-electron chi connectivity index (χ1n) is 8.39. The lowest BCUT2D eigenvalue weighted by Crippen LogP contribution is -2.33. The summed E-state index contributed by atoms with van der Waals surface area (Å²) in [5, 5.41) is 5.37. The summed E-state index contributed by atoms with van der Waals surface area (Å²) in [6.45, 7) is 0.340. The number of methoxy groups -OCH3 is 1. The number of alkyl halides is 3. The van der Waals surface area contributed by atoms with E-state index in [1.165, 1.54) is 11.3 Å². The van der Waals surface area contributed by atoms with Gasteiger partial charge in [-0.15, -0.1) is 11.3 Å². The van der Waals surface area contributed by atoms with Crippen LogP contribution in [0.4, 0.5) is 13.2 Å². The summed E-state index contributed by atoms with van der Waals surface area (Å²) in [7, 11) is 1.55. The monoisotopic (exact) mass is 409 g/mol. The van der Waals surface area contributed by atoms with Gasteiger partial charge in [-0.2, -0.15) is 18.3 Å². The zero-order valence-electron chi connectivity index (χ0n) is 15.0. The van der Waals surface area contributed by atoms with Crippen LogP contribution in [0.15, 0.2) is 54.0 Å². The van der Waals surface area contributed by atoms with Crippen molar-refractivity contribution in [3.05, 3.63) is 70.2 Å². The van der Waals surface area contributed by atoms with Gasteiger partial charge in [-0.05, 0) is 23.6 Å². The third-order valence-electron chi connectivity index (χ3n) is 4.06. The number of carbonyl (C=O) groups is 1. The van der Waals surface area contributed by atoms with Crippen molar-refractivity contribution in [1.29, 1.82) is 0 Å². The van der Waals surface area contributed by atoms with E-state index in [0.717, 1.165) is 27.4 Å². The maximum Gasteiger partial charge on any atom is 0.435 e. The number of hydrogen-bond acceptors (Lipinski definition) is 4. The van der Waals surface area contributed by atoms with Crippen LogP contribution in [0.25, 0.3) is 0 Å². The number of para-hydroxylation sites is 1. The number of thiophene rings is 1. The van der Waals surface area contributed by atoms with E-state index < -0.39 is 11.9 Å². The van der Waals surface area contributed by atoms with Gasteiger partial charge in [0.1, 0.15) is 12.3 Å². The first-order valence-corrected chi connectivity index (χ1v) is 9.27. The van der Waals surface area contributed by atoms with Gasteiger partial charge < -0.3 is 9.64 Å². The predicted octanol–water partition coefficient (Wildman–Crippen LogP) is 4.20. The highest BCUT2D eigenvalue weighted by atomic mass is 32.1. The molecule has 0 aliphatic heterocycles. The molecule has 0 bridgehead atoms. The lowest BCUT2D eigenvalue weighted by molar-refractivity contribution is -0.142. The zero-order chi connectivity index (χ0) is 20.1. The van der Waals surface area contributed by atoms with E-state index in [9.17, 15) is 18.0 Å². The standard InChI is InChI=1S/C19H18F3N3O2S/c1-27-16-7-3-2-5-14(16)11-24(12-15-6-4-10-28-15)18(26)13-25-9-8-17(23-25)19(20,21)22/h2-10H,11-13H2,1H3. The molecule has 1 aromatic carbocycles. The van der Waals surface area contributed by atoms with Crippen molar-refractivity contribution in [3.8, 4) is 5.75 Å². The number of rotatable bonds is 7. The van der Waals surface area contributed by atoms with Crippen molar-refractivity contribution < 1.29 is 22.7 Å². The van der Waals surface area contributed by atoms with Gasteiger partial charge in [0.2, 0.25) is 5.91 Å². The molecule has 5 nitrogen and oxygen atoms in total. The quantitative estimate of drug-likeness (QED) is 0.588. The van der Waals surface area contributed by atoms with Crippen LogP contribution in [0.3, 0.4) is 0 Å². The number of halogens is 3. The highest BCUT2D eigenvalue weighted by molar-refractivity contribution is 7.09. The average molecular weight is 409 g/mol. The van der Waals surface area contributed by atoms with Crippen LogP contribution in [0, 0.1) is 0 Å². The van der Waals surface area contributed by atoms with Crippen LogP contribution in [0.1, 0.15) is 16.1 Å². The van der Waals surface area contributed by atoms with Crippen molar-refractivity contribution in [2.24, 2.45) is 0 Å². The predicted molar refractivity (Wildman–Crippen MR) is 98.8 cm³/mol. The number of hydrogen-bond donors (Lipinski definition) is 0. The summed E-state index contributed by atoms with van der Waals surface area (Å²) in [5.74, 6) is 0.307. The molecule has 2 heterocycles. The average Bonchev–Trinajstić information content (AvgIpc) is 3.33. The summed E-state index contributed by atoms with van der Waals surface area (Å²) >= 11 is 1.51. The molecular formula is C19H18F3N3O2S. The largest absolute Gasteiger partial charge is 0.496 e. The molecule has 0 saturated carbocycles. The maximum absolute atomic E-state index is 12.8. The fraction of sp³-hybridized carbons (Fsp3) is 0.263. The molecular weight excluding hydrogens is 391 g/mol. The molecule has 0 saturated heterocycles. The summed E-state index contributed by atoms with van der Waals surface area (Å²) in [5.41, 5.74) is -0.207. The van der Waals surface area contributed by atoms with Crippen LogP contribution in [-0.2, 0) is 30.6 Å². The maximum atomic E-state index is 12.8. The van der Waals surface area contributed by atoms with Gasteiger partial charge in [0, 0.05) is 23.2 Å². The van der Waals surface area contributed by atoms with Crippen LogP contribution < -0.4 is 4.74 Å². The topological polar surface area (TPSA) is 47.4 Å². The zero-order valence-corrected chi connectivity index (χ0v) is 15.8. The van der Waals surface area contributed by atoms with Gasteiger partial charge in [0.25, 0.3) is 0 Å². The van der Waals surface area contributed by atoms with Gasteiger partial charge in [-0.25, -0.2) is 0 Å². The van der Waals surface area contributed by atoms with Crippen LogP contribution in [-0.4, -0.2) is 27.7 Å². The Labute approximate surface area is 164 Å². The molecule has 9 heteroatoms. The van der Waals surface area contributed by atoms with Gasteiger partial charge in [0.05, 0.1) is 13.7 Å². The molecule has 28 heavy (non-hydrogen) atoms. The van der Waals surface area contributed by atoms with Crippen LogP contribution >= 0.6 is 11.3 Å². The van der Waals surface area contributed by atoms with Crippen molar-refractivity contribution >= 4 is 17.2 Å². The normalized spacial score (nSPS) is 11.4. The minimum Gasteiger partial charge on any atom is -0.496 e.